The van der Waals surface area contributed by atoms with E-state index in [4.69, 9.17) is 0 Å². The van der Waals surface area contributed by atoms with Crippen molar-refractivity contribution in [2.24, 2.45) is 7.05 Å². The summed E-state index contributed by atoms with van der Waals surface area (Å²) in [6.45, 7) is 1.97. The first-order valence-corrected chi connectivity index (χ1v) is 8.36. The summed E-state index contributed by atoms with van der Waals surface area (Å²) >= 11 is 2.12. The molecule has 23 heavy (non-hydrogen) atoms. The highest BCUT2D eigenvalue weighted by molar-refractivity contribution is 14.1. The highest BCUT2D eigenvalue weighted by Crippen LogP contribution is 2.18. The van der Waals surface area contributed by atoms with E-state index in [1.54, 1.807) is 4.68 Å². The Morgan fingerprint density at radius 2 is 2.00 bits per heavy atom. The topological polar surface area (TPSA) is 51.9 Å². The Hall–Kier alpha value is -2.09. The fourth-order valence-electron chi connectivity index (χ4n) is 2.42. The van der Waals surface area contributed by atoms with Crippen molar-refractivity contribution in [3.05, 3.63) is 69.8 Å². The van der Waals surface area contributed by atoms with Crippen LogP contribution in [-0.4, -0.2) is 20.3 Å². The monoisotopic (exact) mass is 420 g/mol. The molecule has 0 spiro atoms. The Kier molecular flexibility index (Phi) is 4.51. The Balaban J connectivity index is 1.78. The molecule has 1 amide bonds. The van der Waals surface area contributed by atoms with E-state index in [1.807, 2.05) is 67.5 Å². The number of rotatable bonds is 4. The van der Waals surface area contributed by atoms with Gasteiger partial charge in [-0.2, -0.15) is 5.10 Å². The van der Waals surface area contributed by atoms with Gasteiger partial charge in [0.2, 0.25) is 0 Å². The van der Waals surface area contributed by atoms with Gasteiger partial charge in [0.1, 0.15) is 0 Å². The number of halogens is 1. The minimum absolute atomic E-state index is 0.101. The minimum atomic E-state index is -0.158. The number of nitrogens with one attached hydrogen (secondary N) is 1. The van der Waals surface area contributed by atoms with Gasteiger partial charge in [-0.1, -0.05) is 12.1 Å². The van der Waals surface area contributed by atoms with Gasteiger partial charge in [-0.15, -0.1) is 0 Å². The van der Waals surface area contributed by atoms with Crippen LogP contribution in [0.1, 0.15) is 29.0 Å². The molecular weight excluding hydrogens is 403 g/mol. The fraction of sp³-hybridized carbons (Fsp3) is 0.176. The van der Waals surface area contributed by atoms with Gasteiger partial charge in [0, 0.05) is 31.3 Å². The van der Waals surface area contributed by atoms with E-state index in [1.165, 1.54) is 0 Å². The standard InChI is InChI=1S/C17H17IN4O/c1-12(19-17(23)16-15(18)11-21(2)20-16)13-6-5-7-14(10-13)22-8-3-4-9-22/h3-12H,1-2H3,(H,19,23). The van der Waals surface area contributed by atoms with E-state index in [-0.39, 0.29) is 11.9 Å². The second kappa shape index (κ2) is 6.57. The minimum Gasteiger partial charge on any atom is -0.344 e. The van der Waals surface area contributed by atoms with Crippen molar-refractivity contribution >= 4 is 28.5 Å². The maximum atomic E-state index is 12.4. The van der Waals surface area contributed by atoms with Gasteiger partial charge in [0.05, 0.1) is 9.61 Å². The summed E-state index contributed by atoms with van der Waals surface area (Å²) in [6, 6.07) is 12.0. The van der Waals surface area contributed by atoms with Gasteiger partial charge in [0.15, 0.2) is 5.69 Å². The van der Waals surface area contributed by atoms with Crippen LogP contribution in [0.4, 0.5) is 0 Å². The van der Waals surface area contributed by atoms with Gasteiger partial charge >= 0.3 is 0 Å². The lowest BCUT2D eigenvalue weighted by Crippen LogP contribution is -2.27. The Bertz CT molecular complexity index is 823. The molecule has 3 aromatic rings. The van der Waals surface area contributed by atoms with Gasteiger partial charge in [0.25, 0.3) is 5.91 Å². The van der Waals surface area contributed by atoms with Crippen molar-refractivity contribution in [2.45, 2.75) is 13.0 Å². The molecular formula is C17H17IN4O. The zero-order valence-corrected chi connectivity index (χ0v) is 15.1. The number of carbonyl (C=O) groups is 1. The second-order valence-electron chi connectivity index (χ2n) is 5.38. The van der Waals surface area contributed by atoms with Gasteiger partial charge < -0.3 is 9.88 Å². The van der Waals surface area contributed by atoms with Crippen LogP contribution in [0.3, 0.4) is 0 Å². The van der Waals surface area contributed by atoms with E-state index in [9.17, 15) is 4.79 Å². The third kappa shape index (κ3) is 3.47. The van der Waals surface area contributed by atoms with Crippen LogP contribution in [0.25, 0.3) is 5.69 Å². The van der Waals surface area contributed by atoms with Crippen LogP contribution in [-0.2, 0) is 7.05 Å². The lowest BCUT2D eigenvalue weighted by molar-refractivity contribution is 0.0933. The molecule has 0 aliphatic heterocycles. The highest BCUT2D eigenvalue weighted by Gasteiger charge is 2.17. The fourth-order valence-corrected chi connectivity index (χ4v) is 3.18. The Morgan fingerprint density at radius 1 is 1.26 bits per heavy atom. The molecule has 1 aromatic carbocycles. The Morgan fingerprint density at radius 3 is 2.65 bits per heavy atom. The average molecular weight is 420 g/mol. The highest BCUT2D eigenvalue weighted by atomic mass is 127. The third-order valence-corrected chi connectivity index (χ3v) is 4.41. The molecule has 0 bridgehead atoms. The first-order chi connectivity index (χ1) is 11.0. The van der Waals surface area contributed by atoms with Gasteiger partial charge in [-0.05, 0) is 59.3 Å². The van der Waals surface area contributed by atoms with E-state index in [0.717, 1.165) is 14.8 Å². The lowest BCUT2D eigenvalue weighted by Gasteiger charge is -2.15. The zero-order chi connectivity index (χ0) is 16.4. The normalized spacial score (nSPS) is 12.1. The average Bonchev–Trinajstić information content (AvgIpc) is 3.17. The van der Waals surface area contributed by atoms with Crippen molar-refractivity contribution in [3.8, 4) is 5.69 Å². The molecule has 2 heterocycles. The number of aromatic nitrogens is 3. The maximum Gasteiger partial charge on any atom is 0.273 e. The smallest absolute Gasteiger partial charge is 0.273 e. The van der Waals surface area contributed by atoms with Crippen LogP contribution < -0.4 is 5.32 Å². The van der Waals surface area contributed by atoms with Crippen molar-refractivity contribution in [3.63, 3.8) is 0 Å². The summed E-state index contributed by atoms with van der Waals surface area (Å²) in [5.41, 5.74) is 2.58. The SMILES string of the molecule is CC(NC(=O)c1nn(C)cc1I)c1cccc(-n2cccc2)c1. The van der Waals surface area contributed by atoms with Crippen LogP contribution in [0.5, 0.6) is 0 Å². The van der Waals surface area contributed by atoms with Gasteiger partial charge in [-0.25, -0.2) is 0 Å². The number of aryl methyl sites for hydroxylation is 1. The van der Waals surface area contributed by atoms with Gasteiger partial charge in [-0.3, -0.25) is 9.48 Å². The number of carbonyl (C=O) groups excluding carboxylic acids is 1. The van der Waals surface area contributed by atoms with Crippen molar-refractivity contribution in [1.82, 2.24) is 19.7 Å². The number of nitrogens with zero attached hydrogens (tertiary/aromatic N) is 3. The molecule has 0 aliphatic rings. The quantitative estimate of drug-likeness (QED) is 0.659. The molecule has 1 N–H and O–H groups in total. The second-order valence-corrected chi connectivity index (χ2v) is 6.54. The Labute approximate surface area is 148 Å². The molecule has 3 rings (SSSR count). The molecule has 1 atom stereocenters. The molecule has 0 saturated heterocycles. The molecule has 2 aromatic heterocycles. The summed E-state index contributed by atoms with van der Waals surface area (Å²) in [5, 5.41) is 7.22. The molecule has 6 heteroatoms. The predicted molar refractivity (Wildman–Crippen MR) is 97.6 cm³/mol. The summed E-state index contributed by atoms with van der Waals surface area (Å²) < 4.78 is 4.53. The number of hydrogen-bond donors (Lipinski definition) is 1. The first-order valence-electron chi connectivity index (χ1n) is 7.28. The zero-order valence-electron chi connectivity index (χ0n) is 12.9. The number of hydrogen-bond acceptors (Lipinski definition) is 2. The molecule has 0 saturated carbocycles. The number of amides is 1. The maximum absolute atomic E-state index is 12.4. The molecule has 1 unspecified atom stereocenters. The lowest BCUT2D eigenvalue weighted by atomic mass is 10.1. The van der Waals surface area contributed by atoms with Crippen LogP contribution in [0.15, 0.2) is 55.0 Å². The summed E-state index contributed by atoms with van der Waals surface area (Å²) in [7, 11) is 1.81. The van der Waals surface area contributed by atoms with E-state index < -0.39 is 0 Å². The molecule has 0 fully saturated rings. The largest absolute Gasteiger partial charge is 0.344 e. The first kappa shape index (κ1) is 15.8. The van der Waals surface area contributed by atoms with Crippen molar-refractivity contribution in [1.29, 1.82) is 0 Å². The molecule has 5 nitrogen and oxygen atoms in total. The molecule has 0 aliphatic carbocycles. The predicted octanol–water partition coefficient (Wildman–Crippen LogP) is 3.31. The molecule has 0 radical (unpaired) electrons. The van der Waals surface area contributed by atoms with Crippen LogP contribution >= 0.6 is 22.6 Å². The van der Waals surface area contributed by atoms with Crippen LogP contribution in [0, 0.1) is 3.57 Å². The molecule has 118 valence electrons. The van der Waals surface area contributed by atoms with Crippen molar-refractivity contribution in [2.75, 3.05) is 0 Å². The third-order valence-electron chi connectivity index (χ3n) is 3.62. The van der Waals surface area contributed by atoms with E-state index in [2.05, 4.69) is 39.1 Å². The summed E-state index contributed by atoms with van der Waals surface area (Å²) in [6.07, 6.45) is 5.82. The summed E-state index contributed by atoms with van der Waals surface area (Å²) in [4.78, 5) is 12.4. The number of benzene rings is 1. The van der Waals surface area contributed by atoms with E-state index in [0.29, 0.717) is 5.69 Å². The van der Waals surface area contributed by atoms with E-state index >= 15 is 0 Å². The van der Waals surface area contributed by atoms with Crippen molar-refractivity contribution < 1.29 is 4.79 Å². The summed E-state index contributed by atoms with van der Waals surface area (Å²) in [5.74, 6) is -0.158. The van der Waals surface area contributed by atoms with Crippen LogP contribution in [0.2, 0.25) is 0 Å².